The van der Waals surface area contributed by atoms with Gasteiger partial charge in [0.05, 0.1) is 0 Å². The lowest BCUT2D eigenvalue weighted by Gasteiger charge is -2.26. The first kappa shape index (κ1) is 13.7. The fourth-order valence-electron chi connectivity index (χ4n) is 4.04. The second-order valence-electron chi connectivity index (χ2n) is 7.37. The molecular formula is C18H27N3. The molecule has 0 aliphatic heterocycles. The van der Waals surface area contributed by atoms with Crippen LogP contribution in [-0.4, -0.2) is 22.6 Å². The third kappa shape index (κ3) is 2.98. The molecule has 1 aromatic heterocycles. The molecule has 1 atom stereocenters. The van der Waals surface area contributed by atoms with Gasteiger partial charge in [0, 0.05) is 23.3 Å². The number of nitrogens with one attached hydrogen (secondary N) is 1. The zero-order chi connectivity index (χ0) is 14.2. The van der Waals surface area contributed by atoms with Gasteiger partial charge in [0.15, 0.2) is 0 Å². The molecule has 2 fully saturated rings. The molecule has 4 rings (SSSR count). The normalized spacial score (nSPS) is 26.0. The number of rotatable bonds is 4. The molecule has 3 aliphatic carbocycles. The van der Waals surface area contributed by atoms with Crippen molar-refractivity contribution < 1.29 is 0 Å². The smallest absolute Gasteiger partial charge is 0.131 e. The standard InChI is InChI=1S/C18H27N3/c1-12-16-10-13(11-19-15-7-8-15)6-9-17(16)21-18(20-12)14-4-2-3-5-14/h13-15,19H,2-11H2,1H3. The number of aryl methyl sites for hydroxylation is 2. The molecule has 21 heavy (non-hydrogen) atoms. The molecule has 0 amide bonds. The van der Waals surface area contributed by atoms with Crippen LogP contribution >= 0.6 is 0 Å². The van der Waals surface area contributed by atoms with E-state index in [0.717, 1.165) is 24.2 Å². The van der Waals surface area contributed by atoms with Gasteiger partial charge in [-0.05, 0) is 69.9 Å². The third-order valence-corrected chi connectivity index (χ3v) is 5.59. The monoisotopic (exact) mass is 285 g/mol. The molecule has 0 aromatic carbocycles. The molecule has 0 bridgehead atoms. The van der Waals surface area contributed by atoms with Gasteiger partial charge in [0.25, 0.3) is 0 Å². The van der Waals surface area contributed by atoms with E-state index in [9.17, 15) is 0 Å². The van der Waals surface area contributed by atoms with Crippen molar-refractivity contribution in [2.75, 3.05) is 6.54 Å². The summed E-state index contributed by atoms with van der Waals surface area (Å²) in [5.74, 6) is 2.58. The fourth-order valence-corrected chi connectivity index (χ4v) is 4.04. The predicted octanol–water partition coefficient (Wildman–Crippen LogP) is 3.30. The van der Waals surface area contributed by atoms with Crippen LogP contribution in [0.25, 0.3) is 0 Å². The first-order chi connectivity index (χ1) is 10.3. The van der Waals surface area contributed by atoms with E-state index < -0.39 is 0 Å². The maximum atomic E-state index is 4.97. The third-order valence-electron chi connectivity index (χ3n) is 5.59. The zero-order valence-corrected chi connectivity index (χ0v) is 13.2. The average molecular weight is 285 g/mol. The summed E-state index contributed by atoms with van der Waals surface area (Å²) in [5.41, 5.74) is 4.09. The summed E-state index contributed by atoms with van der Waals surface area (Å²) >= 11 is 0. The Bertz CT molecular complexity index is 515. The van der Waals surface area contributed by atoms with E-state index in [1.54, 1.807) is 0 Å². The van der Waals surface area contributed by atoms with Gasteiger partial charge in [-0.3, -0.25) is 0 Å². The topological polar surface area (TPSA) is 37.8 Å². The summed E-state index contributed by atoms with van der Waals surface area (Å²) in [4.78, 5) is 9.85. The van der Waals surface area contributed by atoms with Crippen molar-refractivity contribution in [1.82, 2.24) is 15.3 Å². The van der Waals surface area contributed by atoms with Crippen molar-refractivity contribution in [2.45, 2.75) is 76.7 Å². The van der Waals surface area contributed by atoms with Gasteiger partial charge in [0.1, 0.15) is 5.82 Å². The lowest BCUT2D eigenvalue weighted by molar-refractivity contribution is 0.415. The summed E-state index contributed by atoms with van der Waals surface area (Å²) in [6.07, 6.45) is 11.7. The summed E-state index contributed by atoms with van der Waals surface area (Å²) in [5, 5.41) is 3.69. The van der Waals surface area contributed by atoms with Gasteiger partial charge in [-0.15, -0.1) is 0 Å². The maximum absolute atomic E-state index is 4.97. The Morgan fingerprint density at radius 3 is 2.62 bits per heavy atom. The zero-order valence-electron chi connectivity index (χ0n) is 13.2. The van der Waals surface area contributed by atoms with Crippen LogP contribution in [-0.2, 0) is 12.8 Å². The van der Waals surface area contributed by atoms with Crippen molar-refractivity contribution in [3.63, 3.8) is 0 Å². The van der Waals surface area contributed by atoms with Crippen LogP contribution in [0.4, 0.5) is 0 Å². The first-order valence-corrected chi connectivity index (χ1v) is 8.89. The maximum Gasteiger partial charge on any atom is 0.131 e. The van der Waals surface area contributed by atoms with Crippen molar-refractivity contribution >= 4 is 0 Å². The Labute approximate surface area is 128 Å². The fraction of sp³-hybridized carbons (Fsp3) is 0.778. The molecule has 2 saturated carbocycles. The van der Waals surface area contributed by atoms with E-state index in [0.29, 0.717) is 5.92 Å². The average Bonchev–Trinajstić information content (AvgIpc) is 3.16. The predicted molar refractivity (Wildman–Crippen MR) is 84.5 cm³/mol. The molecule has 0 spiro atoms. The van der Waals surface area contributed by atoms with Crippen LogP contribution in [0, 0.1) is 12.8 Å². The van der Waals surface area contributed by atoms with E-state index in [-0.39, 0.29) is 0 Å². The Hall–Kier alpha value is -0.960. The lowest BCUT2D eigenvalue weighted by Crippen LogP contribution is -2.30. The number of nitrogens with zero attached hydrogens (tertiary/aromatic N) is 2. The van der Waals surface area contributed by atoms with Gasteiger partial charge in [-0.2, -0.15) is 0 Å². The van der Waals surface area contributed by atoms with E-state index in [1.165, 1.54) is 74.9 Å². The van der Waals surface area contributed by atoms with E-state index >= 15 is 0 Å². The molecule has 3 heteroatoms. The van der Waals surface area contributed by atoms with Crippen LogP contribution in [0.15, 0.2) is 0 Å². The Morgan fingerprint density at radius 2 is 1.86 bits per heavy atom. The minimum absolute atomic E-state index is 0.642. The summed E-state index contributed by atoms with van der Waals surface area (Å²) in [6.45, 7) is 3.39. The van der Waals surface area contributed by atoms with Crippen molar-refractivity contribution in [1.29, 1.82) is 0 Å². The highest BCUT2D eigenvalue weighted by atomic mass is 15.0. The van der Waals surface area contributed by atoms with Gasteiger partial charge >= 0.3 is 0 Å². The van der Waals surface area contributed by atoms with E-state index in [1.807, 2.05) is 0 Å². The number of fused-ring (bicyclic) bond motifs is 1. The number of hydrogen-bond donors (Lipinski definition) is 1. The molecular weight excluding hydrogens is 258 g/mol. The quantitative estimate of drug-likeness (QED) is 0.922. The van der Waals surface area contributed by atoms with Crippen molar-refractivity contribution in [2.24, 2.45) is 5.92 Å². The van der Waals surface area contributed by atoms with Gasteiger partial charge in [-0.1, -0.05) is 12.8 Å². The Kier molecular flexibility index (Phi) is 3.70. The highest BCUT2D eigenvalue weighted by molar-refractivity contribution is 5.29. The number of hydrogen-bond acceptors (Lipinski definition) is 3. The van der Waals surface area contributed by atoms with Gasteiger partial charge in [0.2, 0.25) is 0 Å². The molecule has 3 aliphatic rings. The SMILES string of the molecule is Cc1nc(C2CCCC2)nc2c1CC(CNC1CC1)CC2. The van der Waals surface area contributed by atoms with E-state index in [4.69, 9.17) is 9.97 Å². The molecule has 0 saturated heterocycles. The lowest BCUT2D eigenvalue weighted by atomic mass is 9.85. The van der Waals surface area contributed by atoms with Gasteiger partial charge < -0.3 is 5.32 Å². The second-order valence-corrected chi connectivity index (χ2v) is 7.37. The molecule has 1 heterocycles. The van der Waals surface area contributed by atoms with Crippen LogP contribution in [0.1, 0.15) is 73.6 Å². The highest BCUT2D eigenvalue weighted by Gasteiger charge is 2.27. The Balaban J connectivity index is 1.49. The van der Waals surface area contributed by atoms with Crippen LogP contribution in [0.3, 0.4) is 0 Å². The van der Waals surface area contributed by atoms with E-state index in [2.05, 4.69) is 12.2 Å². The van der Waals surface area contributed by atoms with Crippen molar-refractivity contribution in [3.8, 4) is 0 Å². The molecule has 114 valence electrons. The van der Waals surface area contributed by atoms with Crippen LogP contribution in [0.5, 0.6) is 0 Å². The highest BCUT2D eigenvalue weighted by Crippen LogP contribution is 2.34. The van der Waals surface area contributed by atoms with Crippen molar-refractivity contribution in [3.05, 3.63) is 22.8 Å². The summed E-state index contributed by atoms with van der Waals surface area (Å²) in [7, 11) is 0. The summed E-state index contributed by atoms with van der Waals surface area (Å²) in [6, 6.07) is 0.827. The van der Waals surface area contributed by atoms with Crippen LogP contribution < -0.4 is 5.32 Å². The van der Waals surface area contributed by atoms with Crippen LogP contribution in [0.2, 0.25) is 0 Å². The molecule has 3 nitrogen and oxygen atoms in total. The minimum atomic E-state index is 0.642. The molecule has 1 aromatic rings. The Morgan fingerprint density at radius 1 is 1.05 bits per heavy atom. The van der Waals surface area contributed by atoms with Gasteiger partial charge in [-0.25, -0.2) is 9.97 Å². The summed E-state index contributed by atoms with van der Waals surface area (Å²) < 4.78 is 0. The molecule has 1 N–H and O–H groups in total. The minimum Gasteiger partial charge on any atom is -0.314 e. The first-order valence-electron chi connectivity index (χ1n) is 8.89. The molecule has 1 unspecified atom stereocenters. The second kappa shape index (κ2) is 5.68. The molecule has 0 radical (unpaired) electrons. The number of aromatic nitrogens is 2. The largest absolute Gasteiger partial charge is 0.314 e.